The lowest BCUT2D eigenvalue weighted by Gasteiger charge is -2.32. The zero-order valence-electron chi connectivity index (χ0n) is 22.0. The van der Waals surface area contributed by atoms with Crippen LogP contribution in [0.2, 0.25) is 0 Å². The van der Waals surface area contributed by atoms with Gasteiger partial charge in [-0.15, -0.1) is 0 Å². The van der Waals surface area contributed by atoms with E-state index in [-0.39, 0.29) is 16.2 Å². The fourth-order valence-electron chi connectivity index (χ4n) is 3.77. The normalized spacial score (nSPS) is 14.5. The topological polar surface area (TPSA) is 3.24 Å². The maximum atomic E-state index is 2.47. The molecular formula is C29H44NP. The molecule has 0 aliphatic rings. The van der Waals surface area contributed by atoms with Crippen LogP contribution in [0.15, 0.2) is 36.4 Å². The molecule has 2 heteroatoms. The summed E-state index contributed by atoms with van der Waals surface area (Å²) >= 11 is 0. The van der Waals surface area contributed by atoms with Crippen molar-refractivity contribution in [1.29, 1.82) is 0 Å². The van der Waals surface area contributed by atoms with Gasteiger partial charge in [0, 0.05) is 11.3 Å². The lowest BCUT2D eigenvalue weighted by atomic mass is 9.75. The third-order valence-electron chi connectivity index (χ3n) is 6.15. The monoisotopic (exact) mass is 437 g/mol. The van der Waals surface area contributed by atoms with Crippen molar-refractivity contribution in [3.63, 3.8) is 0 Å². The van der Waals surface area contributed by atoms with Crippen molar-refractivity contribution in [3.05, 3.63) is 64.2 Å². The first kappa shape index (κ1) is 25.8. The number of benzene rings is 2. The zero-order chi connectivity index (χ0) is 23.8. The third kappa shape index (κ3) is 6.30. The summed E-state index contributed by atoms with van der Waals surface area (Å²) in [6, 6.07) is 14.2. The van der Waals surface area contributed by atoms with Gasteiger partial charge in [0.1, 0.15) is 0 Å². The van der Waals surface area contributed by atoms with Crippen molar-refractivity contribution < 1.29 is 0 Å². The van der Waals surface area contributed by atoms with Crippen LogP contribution in [-0.2, 0) is 16.2 Å². The van der Waals surface area contributed by atoms with E-state index in [1.165, 1.54) is 41.3 Å². The molecule has 2 aromatic rings. The average molecular weight is 438 g/mol. The first-order chi connectivity index (χ1) is 14.0. The number of nitrogens with zero attached hydrogens (tertiary/aromatic N) is 1. The van der Waals surface area contributed by atoms with Crippen LogP contribution < -0.4 is 5.30 Å². The van der Waals surface area contributed by atoms with Gasteiger partial charge in [0.05, 0.1) is 0 Å². The molecule has 1 atom stereocenters. The minimum absolute atomic E-state index is 0.0911. The molecule has 0 spiro atoms. The fraction of sp³-hybridized carbons (Fsp3) is 0.552. The molecule has 0 N–H and O–H groups in total. The van der Waals surface area contributed by atoms with Crippen LogP contribution in [0.25, 0.3) is 0 Å². The lowest BCUT2D eigenvalue weighted by molar-refractivity contribution is 0.321. The predicted molar refractivity (Wildman–Crippen MR) is 143 cm³/mol. The maximum absolute atomic E-state index is 2.47. The van der Waals surface area contributed by atoms with E-state index in [0.717, 1.165) is 0 Å². The molecule has 0 aliphatic heterocycles. The molecule has 0 fully saturated rings. The Balaban J connectivity index is 2.77. The second-order valence-corrected chi connectivity index (χ2v) is 13.2. The van der Waals surface area contributed by atoms with Gasteiger partial charge in [-0.05, 0) is 70.9 Å². The third-order valence-corrected chi connectivity index (χ3v) is 7.29. The van der Waals surface area contributed by atoms with Crippen molar-refractivity contribution in [1.82, 2.24) is 4.90 Å². The zero-order valence-corrected chi connectivity index (χ0v) is 22.9. The Morgan fingerprint density at radius 2 is 1.26 bits per heavy atom. The van der Waals surface area contributed by atoms with E-state index >= 15 is 0 Å². The van der Waals surface area contributed by atoms with Crippen LogP contribution in [0.3, 0.4) is 0 Å². The Hall–Kier alpha value is -1.43. The summed E-state index contributed by atoms with van der Waals surface area (Å²) in [5, 5.41) is 1.47. The molecule has 0 saturated carbocycles. The van der Waals surface area contributed by atoms with Crippen LogP contribution in [0, 0.1) is 0 Å². The molecule has 1 unspecified atom stereocenters. The van der Waals surface area contributed by atoms with Gasteiger partial charge in [-0.1, -0.05) is 107 Å². The molecule has 0 radical (unpaired) electrons. The molecule has 0 amide bonds. The van der Waals surface area contributed by atoms with E-state index in [2.05, 4.69) is 130 Å². The molecule has 0 saturated heterocycles. The van der Waals surface area contributed by atoms with E-state index in [9.17, 15) is 0 Å². The predicted octanol–water partition coefficient (Wildman–Crippen LogP) is 7.62. The number of hydrogen-bond acceptors (Lipinski definition) is 1. The molecule has 0 heterocycles. The summed E-state index contributed by atoms with van der Waals surface area (Å²) in [7, 11) is 5.58. The van der Waals surface area contributed by atoms with Crippen molar-refractivity contribution in [2.45, 2.75) is 91.5 Å². The Morgan fingerprint density at radius 1 is 0.774 bits per heavy atom. The Labute approximate surface area is 194 Å². The molecule has 170 valence electrons. The Morgan fingerprint density at radius 3 is 1.68 bits per heavy atom. The van der Waals surface area contributed by atoms with Crippen molar-refractivity contribution in [2.75, 3.05) is 14.1 Å². The summed E-state index contributed by atoms with van der Waals surface area (Å²) in [6.45, 7) is 23.3. The highest BCUT2D eigenvalue weighted by molar-refractivity contribution is 7.48. The van der Waals surface area contributed by atoms with Gasteiger partial charge in [-0.25, -0.2) is 0 Å². The van der Waals surface area contributed by atoms with Crippen molar-refractivity contribution in [2.24, 2.45) is 0 Å². The van der Waals surface area contributed by atoms with E-state index < -0.39 is 0 Å². The first-order valence-corrected chi connectivity index (χ1v) is 12.5. The van der Waals surface area contributed by atoms with Crippen LogP contribution in [0.1, 0.15) is 103 Å². The minimum Gasteiger partial charge on any atom is -0.303 e. The van der Waals surface area contributed by atoms with Gasteiger partial charge in [0.25, 0.3) is 0 Å². The molecule has 31 heavy (non-hydrogen) atoms. The summed E-state index contributed by atoms with van der Waals surface area (Å²) in [5.74, 6) is 2.42. The standard InChI is InChI=1S/C29H44NP/c1-20(30(11)12)23-16-14-13-15-21(23)19-31-26-24(28(5,6)7)17-22(27(2,3)4)18-25(26)29(8,9)10/h13-20H,1-12H3. The molecule has 0 aliphatic carbocycles. The van der Waals surface area contributed by atoms with Gasteiger partial charge in [0.2, 0.25) is 0 Å². The fourth-order valence-corrected chi connectivity index (χ4v) is 5.35. The molecular weight excluding hydrogens is 393 g/mol. The molecule has 0 bridgehead atoms. The van der Waals surface area contributed by atoms with E-state index in [1.807, 2.05) is 0 Å². The summed E-state index contributed by atoms with van der Waals surface area (Å²) < 4.78 is 0. The molecule has 0 aromatic heterocycles. The van der Waals surface area contributed by atoms with Crippen LogP contribution in [-0.4, -0.2) is 24.8 Å². The van der Waals surface area contributed by atoms with Crippen LogP contribution in [0.4, 0.5) is 0 Å². The van der Waals surface area contributed by atoms with Gasteiger partial charge in [-0.3, -0.25) is 0 Å². The smallest absolute Gasteiger partial charge is 0.0319 e. The van der Waals surface area contributed by atoms with E-state index in [0.29, 0.717) is 6.04 Å². The summed E-state index contributed by atoms with van der Waals surface area (Å²) in [5.41, 5.74) is 7.42. The average Bonchev–Trinajstić information content (AvgIpc) is 2.63. The van der Waals surface area contributed by atoms with Crippen LogP contribution >= 0.6 is 8.20 Å². The minimum atomic E-state index is 0.0911. The molecule has 1 nitrogen and oxygen atoms in total. The van der Waals surface area contributed by atoms with Crippen molar-refractivity contribution >= 4 is 19.3 Å². The van der Waals surface area contributed by atoms with Crippen LogP contribution in [0.5, 0.6) is 0 Å². The first-order valence-electron chi connectivity index (χ1n) is 11.5. The van der Waals surface area contributed by atoms with Gasteiger partial charge < -0.3 is 4.90 Å². The largest absolute Gasteiger partial charge is 0.303 e. The highest BCUT2D eigenvalue weighted by Crippen LogP contribution is 2.35. The van der Waals surface area contributed by atoms with E-state index in [4.69, 9.17) is 0 Å². The van der Waals surface area contributed by atoms with Gasteiger partial charge in [0.15, 0.2) is 0 Å². The van der Waals surface area contributed by atoms with Crippen molar-refractivity contribution in [3.8, 4) is 0 Å². The summed E-state index contributed by atoms with van der Waals surface area (Å²) in [4.78, 5) is 2.28. The molecule has 2 aromatic carbocycles. The Kier molecular flexibility index (Phi) is 7.67. The highest BCUT2D eigenvalue weighted by Gasteiger charge is 2.28. The van der Waals surface area contributed by atoms with Gasteiger partial charge in [-0.2, -0.15) is 0 Å². The number of hydrogen-bond donors (Lipinski definition) is 0. The quantitative estimate of drug-likeness (QED) is 0.445. The lowest BCUT2D eigenvalue weighted by Crippen LogP contribution is -2.29. The highest BCUT2D eigenvalue weighted by atomic mass is 31.1. The second kappa shape index (κ2) is 9.21. The maximum Gasteiger partial charge on any atom is 0.0319 e. The summed E-state index contributed by atoms with van der Waals surface area (Å²) in [6.07, 6.45) is 0. The number of rotatable bonds is 4. The van der Waals surface area contributed by atoms with Gasteiger partial charge >= 0.3 is 0 Å². The Bertz CT molecular complexity index is 895. The molecule has 2 rings (SSSR count). The van der Waals surface area contributed by atoms with E-state index in [1.54, 1.807) is 0 Å². The second-order valence-electron chi connectivity index (χ2n) is 12.2. The SMILES string of the molecule is CC(c1ccccc1C=Pc1c(C(C)(C)C)cc(C(C)(C)C)cc1C(C)(C)C)N(C)C.